The van der Waals surface area contributed by atoms with Crippen LogP contribution in [0.4, 0.5) is 0 Å². The molecule has 0 saturated carbocycles. The molecule has 0 radical (unpaired) electrons. The Bertz CT molecular complexity index is 534. The van der Waals surface area contributed by atoms with Crippen molar-refractivity contribution >= 4 is 29.9 Å². The van der Waals surface area contributed by atoms with Gasteiger partial charge in [0.05, 0.1) is 26.9 Å². The molecule has 1 atom stereocenters. The lowest BCUT2D eigenvalue weighted by molar-refractivity contribution is 0.117. The third-order valence-electron chi connectivity index (χ3n) is 4.00. The first-order valence-electron chi connectivity index (χ1n) is 8.61. The second-order valence-electron chi connectivity index (χ2n) is 5.71. The van der Waals surface area contributed by atoms with Gasteiger partial charge in [0.15, 0.2) is 5.96 Å². The topological polar surface area (TPSA) is 64.1 Å². The first-order chi connectivity index (χ1) is 11.8. The molecule has 0 aliphatic carbocycles. The molecule has 1 aromatic rings. The van der Waals surface area contributed by atoms with Crippen LogP contribution in [0.25, 0.3) is 0 Å². The van der Waals surface area contributed by atoms with Crippen LogP contribution in [-0.4, -0.2) is 52.5 Å². The van der Waals surface area contributed by atoms with E-state index in [2.05, 4.69) is 22.5 Å². The molecule has 0 amide bonds. The van der Waals surface area contributed by atoms with E-state index in [-0.39, 0.29) is 30.1 Å². The molecule has 0 aromatic heterocycles. The van der Waals surface area contributed by atoms with Gasteiger partial charge in [-0.2, -0.15) is 0 Å². The summed E-state index contributed by atoms with van der Waals surface area (Å²) in [6.45, 7) is 5.23. The Hall–Kier alpha value is -1.22. The summed E-state index contributed by atoms with van der Waals surface area (Å²) in [6.07, 6.45) is 3.33. The van der Waals surface area contributed by atoms with E-state index in [1.165, 1.54) is 0 Å². The van der Waals surface area contributed by atoms with Crippen LogP contribution < -0.4 is 20.1 Å². The number of methoxy groups -OCH3 is 2. The van der Waals surface area contributed by atoms with Crippen molar-refractivity contribution in [2.75, 3.05) is 40.5 Å². The lowest BCUT2D eigenvalue weighted by Crippen LogP contribution is -2.39. The van der Waals surface area contributed by atoms with Crippen molar-refractivity contribution in [2.45, 2.75) is 32.3 Å². The third-order valence-corrected chi connectivity index (χ3v) is 4.00. The van der Waals surface area contributed by atoms with Crippen molar-refractivity contribution in [2.24, 2.45) is 4.99 Å². The smallest absolute Gasteiger partial charge is 0.191 e. The van der Waals surface area contributed by atoms with Gasteiger partial charge in [-0.3, -0.25) is 4.99 Å². The van der Waals surface area contributed by atoms with Gasteiger partial charge < -0.3 is 24.8 Å². The lowest BCUT2D eigenvalue weighted by atomic mass is 10.1. The number of benzene rings is 1. The molecule has 25 heavy (non-hydrogen) atoms. The average molecular weight is 463 g/mol. The molecule has 6 nitrogen and oxygen atoms in total. The van der Waals surface area contributed by atoms with Crippen LogP contribution in [0.2, 0.25) is 0 Å². The maximum Gasteiger partial charge on any atom is 0.191 e. The van der Waals surface area contributed by atoms with E-state index >= 15 is 0 Å². The van der Waals surface area contributed by atoms with E-state index in [0.29, 0.717) is 6.54 Å². The van der Waals surface area contributed by atoms with Gasteiger partial charge in [-0.1, -0.05) is 0 Å². The monoisotopic (exact) mass is 463 g/mol. The first-order valence-corrected chi connectivity index (χ1v) is 8.61. The Kier molecular flexibility index (Phi) is 10.6. The predicted molar refractivity (Wildman–Crippen MR) is 112 cm³/mol. The van der Waals surface area contributed by atoms with Crippen molar-refractivity contribution in [3.05, 3.63) is 23.8 Å². The molecular formula is C18H30IN3O3. The summed E-state index contributed by atoms with van der Waals surface area (Å²) in [7, 11) is 3.36. The van der Waals surface area contributed by atoms with Crippen LogP contribution in [0.15, 0.2) is 23.2 Å². The normalized spacial score (nSPS) is 16.9. The van der Waals surface area contributed by atoms with Gasteiger partial charge in [0.2, 0.25) is 0 Å². The first kappa shape index (κ1) is 21.8. The van der Waals surface area contributed by atoms with Crippen LogP contribution in [0.3, 0.4) is 0 Å². The fourth-order valence-electron chi connectivity index (χ4n) is 2.72. The van der Waals surface area contributed by atoms with Gasteiger partial charge in [-0.05, 0) is 49.9 Å². The number of guanidine groups is 1. The summed E-state index contributed by atoms with van der Waals surface area (Å²) in [5.41, 5.74) is 1.11. The molecule has 2 N–H and O–H groups in total. The van der Waals surface area contributed by atoms with E-state index < -0.39 is 0 Å². The zero-order valence-electron chi connectivity index (χ0n) is 15.3. The molecule has 1 fully saturated rings. The minimum Gasteiger partial charge on any atom is -0.497 e. The highest BCUT2D eigenvalue weighted by Gasteiger charge is 2.14. The van der Waals surface area contributed by atoms with Crippen molar-refractivity contribution in [3.63, 3.8) is 0 Å². The summed E-state index contributed by atoms with van der Waals surface area (Å²) in [4.78, 5) is 4.62. The molecule has 142 valence electrons. The minimum atomic E-state index is 0. The highest BCUT2D eigenvalue weighted by Crippen LogP contribution is 2.24. The van der Waals surface area contributed by atoms with Gasteiger partial charge in [-0.15, -0.1) is 24.0 Å². The molecule has 1 aliphatic rings. The molecule has 1 unspecified atom stereocenters. The second kappa shape index (κ2) is 12.2. The van der Waals surface area contributed by atoms with Crippen LogP contribution >= 0.6 is 24.0 Å². The fraction of sp³-hybridized carbons (Fsp3) is 0.611. The van der Waals surface area contributed by atoms with E-state index in [4.69, 9.17) is 14.2 Å². The second-order valence-corrected chi connectivity index (χ2v) is 5.71. The average Bonchev–Trinajstić information content (AvgIpc) is 3.13. The molecule has 1 aliphatic heterocycles. The van der Waals surface area contributed by atoms with Gasteiger partial charge in [0.1, 0.15) is 11.5 Å². The molecule has 7 heteroatoms. The quantitative estimate of drug-likeness (QED) is 0.353. The number of nitrogens with zero attached hydrogens (tertiary/aromatic N) is 1. The number of ether oxygens (including phenoxy) is 3. The Morgan fingerprint density at radius 1 is 1.28 bits per heavy atom. The van der Waals surface area contributed by atoms with Crippen molar-refractivity contribution in [1.29, 1.82) is 0 Å². The Morgan fingerprint density at radius 3 is 2.76 bits per heavy atom. The summed E-state index contributed by atoms with van der Waals surface area (Å²) >= 11 is 0. The van der Waals surface area contributed by atoms with Crippen LogP contribution in [0.1, 0.15) is 25.3 Å². The fourth-order valence-corrected chi connectivity index (χ4v) is 2.72. The Labute approximate surface area is 167 Å². The zero-order chi connectivity index (χ0) is 17.2. The molecule has 2 rings (SSSR count). The van der Waals surface area contributed by atoms with E-state index in [1.54, 1.807) is 14.2 Å². The molecule has 1 saturated heterocycles. The largest absolute Gasteiger partial charge is 0.497 e. The number of halogens is 1. The Morgan fingerprint density at radius 2 is 2.12 bits per heavy atom. The SMILES string of the molecule is CCNC(=NCC1CCCO1)NCCc1cc(OC)ccc1OC.I. The standard InChI is InChI=1S/C18H29N3O3.HI/c1-4-19-18(21-13-16-6-5-11-24-16)20-10-9-14-12-15(22-2)7-8-17(14)23-3;/h7-8,12,16H,4-6,9-11,13H2,1-3H3,(H2,19,20,21);1H. The predicted octanol–water partition coefficient (Wildman–Crippen LogP) is 2.60. The zero-order valence-corrected chi connectivity index (χ0v) is 17.7. The summed E-state index contributed by atoms with van der Waals surface area (Å²) in [5, 5.41) is 6.64. The summed E-state index contributed by atoms with van der Waals surface area (Å²) < 4.78 is 16.3. The number of nitrogens with one attached hydrogen (secondary N) is 2. The molecule has 1 heterocycles. The molecule has 0 bridgehead atoms. The highest BCUT2D eigenvalue weighted by atomic mass is 127. The van der Waals surface area contributed by atoms with E-state index in [1.807, 2.05) is 18.2 Å². The van der Waals surface area contributed by atoms with Gasteiger partial charge in [-0.25, -0.2) is 0 Å². The van der Waals surface area contributed by atoms with Gasteiger partial charge >= 0.3 is 0 Å². The number of hydrogen-bond donors (Lipinski definition) is 2. The minimum absolute atomic E-state index is 0. The Balaban J connectivity index is 0.00000312. The summed E-state index contributed by atoms with van der Waals surface area (Å²) in [6, 6.07) is 5.85. The van der Waals surface area contributed by atoms with E-state index in [0.717, 1.165) is 62.0 Å². The maximum atomic E-state index is 5.62. The number of rotatable bonds is 8. The summed E-state index contributed by atoms with van der Waals surface area (Å²) in [5.74, 6) is 2.54. The van der Waals surface area contributed by atoms with Crippen molar-refractivity contribution in [1.82, 2.24) is 10.6 Å². The van der Waals surface area contributed by atoms with Crippen LogP contribution in [0.5, 0.6) is 11.5 Å². The van der Waals surface area contributed by atoms with Crippen molar-refractivity contribution in [3.8, 4) is 11.5 Å². The van der Waals surface area contributed by atoms with E-state index in [9.17, 15) is 0 Å². The maximum absolute atomic E-state index is 5.62. The molecular weight excluding hydrogens is 433 g/mol. The van der Waals surface area contributed by atoms with Gasteiger partial charge in [0, 0.05) is 19.7 Å². The number of aliphatic imine (C=N–C) groups is 1. The van der Waals surface area contributed by atoms with Crippen LogP contribution in [-0.2, 0) is 11.2 Å². The lowest BCUT2D eigenvalue weighted by Gasteiger charge is -2.14. The van der Waals surface area contributed by atoms with Gasteiger partial charge in [0.25, 0.3) is 0 Å². The molecule has 0 spiro atoms. The highest BCUT2D eigenvalue weighted by molar-refractivity contribution is 14.0. The third kappa shape index (κ3) is 7.27. The van der Waals surface area contributed by atoms with Crippen molar-refractivity contribution < 1.29 is 14.2 Å². The number of hydrogen-bond acceptors (Lipinski definition) is 4. The molecule has 1 aromatic carbocycles. The van der Waals surface area contributed by atoms with Crippen LogP contribution in [0, 0.1) is 0 Å².